The van der Waals surface area contributed by atoms with Crippen LogP contribution in [0.5, 0.6) is 0 Å². The summed E-state index contributed by atoms with van der Waals surface area (Å²) in [4.78, 5) is 11.0. The molecule has 3 nitrogen and oxygen atoms in total. The molecule has 0 aliphatic rings. The van der Waals surface area contributed by atoms with Crippen LogP contribution >= 0.6 is 11.6 Å². The Bertz CT molecular complexity index is 391. The molecule has 1 aromatic carbocycles. The Morgan fingerprint density at radius 3 is 2.50 bits per heavy atom. The molecule has 0 aliphatic heterocycles. The lowest BCUT2D eigenvalue weighted by atomic mass is 10.0. The number of halogens is 1. The third-order valence-electron chi connectivity index (χ3n) is 2.43. The van der Waals surface area contributed by atoms with Crippen LogP contribution in [0.25, 0.3) is 0 Å². The predicted molar refractivity (Wildman–Crippen MR) is 66.1 cm³/mol. The van der Waals surface area contributed by atoms with Gasteiger partial charge in [0.2, 0.25) is 0 Å². The predicted octanol–water partition coefficient (Wildman–Crippen LogP) is 3.17. The van der Waals surface area contributed by atoms with E-state index in [9.17, 15) is 4.79 Å². The molecule has 88 valence electrons. The van der Waals surface area contributed by atoms with E-state index in [0.29, 0.717) is 5.02 Å². The van der Waals surface area contributed by atoms with Crippen molar-refractivity contribution in [3.8, 4) is 0 Å². The SMILES string of the molecule is Cc1ccc(NC(C(=O)O)C(C)C)cc1Cl. The van der Waals surface area contributed by atoms with Crippen LogP contribution in [0.1, 0.15) is 19.4 Å². The number of aryl methyl sites for hydroxylation is 1. The average molecular weight is 242 g/mol. The molecule has 0 heterocycles. The monoisotopic (exact) mass is 241 g/mol. The highest BCUT2D eigenvalue weighted by molar-refractivity contribution is 6.31. The van der Waals surface area contributed by atoms with Crippen LogP contribution in [0.3, 0.4) is 0 Å². The molecule has 0 aromatic heterocycles. The molecule has 1 rings (SSSR count). The van der Waals surface area contributed by atoms with Crippen molar-refractivity contribution >= 4 is 23.3 Å². The number of nitrogens with one attached hydrogen (secondary N) is 1. The number of aliphatic carboxylic acids is 1. The van der Waals surface area contributed by atoms with E-state index in [1.165, 1.54) is 0 Å². The van der Waals surface area contributed by atoms with Gasteiger partial charge in [-0.25, -0.2) is 4.79 Å². The largest absolute Gasteiger partial charge is 0.480 e. The van der Waals surface area contributed by atoms with Crippen molar-refractivity contribution in [3.05, 3.63) is 28.8 Å². The van der Waals surface area contributed by atoms with Gasteiger partial charge in [-0.1, -0.05) is 31.5 Å². The number of carboxylic acids is 1. The summed E-state index contributed by atoms with van der Waals surface area (Å²) in [5.74, 6) is -0.843. The fourth-order valence-corrected chi connectivity index (χ4v) is 1.56. The van der Waals surface area contributed by atoms with Crippen molar-refractivity contribution < 1.29 is 9.90 Å². The van der Waals surface area contributed by atoms with E-state index in [4.69, 9.17) is 16.7 Å². The van der Waals surface area contributed by atoms with Crippen molar-refractivity contribution in [2.75, 3.05) is 5.32 Å². The molecular formula is C12H16ClNO2. The van der Waals surface area contributed by atoms with E-state index in [2.05, 4.69) is 5.32 Å². The Hall–Kier alpha value is -1.22. The third-order valence-corrected chi connectivity index (χ3v) is 2.83. The first-order valence-corrected chi connectivity index (χ1v) is 5.55. The van der Waals surface area contributed by atoms with Crippen LogP contribution in [-0.2, 0) is 4.79 Å². The molecule has 0 saturated heterocycles. The molecule has 0 bridgehead atoms. The van der Waals surface area contributed by atoms with Crippen molar-refractivity contribution in [2.24, 2.45) is 5.92 Å². The molecular weight excluding hydrogens is 226 g/mol. The van der Waals surface area contributed by atoms with Crippen molar-refractivity contribution in [1.82, 2.24) is 0 Å². The number of hydrogen-bond acceptors (Lipinski definition) is 2. The molecule has 2 N–H and O–H groups in total. The zero-order chi connectivity index (χ0) is 12.3. The Kier molecular flexibility index (Phi) is 4.19. The first-order valence-electron chi connectivity index (χ1n) is 5.17. The van der Waals surface area contributed by atoms with Gasteiger partial charge in [0.15, 0.2) is 0 Å². The van der Waals surface area contributed by atoms with Gasteiger partial charge < -0.3 is 10.4 Å². The van der Waals surface area contributed by atoms with Gasteiger partial charge in [0, 0.05) is 10.7 Å². The van der Waals surface area contributed by atoms with Crippen LogP contribution in [-0.4, -0.2) is 17.1 Å². The van der Waals surface area contributed by atoms with Gasteiger partial charge >= 0.3 is 5.97 Å². The van der Waals surface area contributed by atoms with E-state index in [-0.39, 0.29) is 5.92 Å². The Morgan fingerprint density at radius 2 is 2.06 bits per heavy atom. The highest BCUT2D eigenvalue weighted by atomic mass is 35.5. The summed E-state index contributed by atoms with van der Waals surface area (Å²) < 4.78 is 0. The first-order chi connectivity index (χ1) is 7.41. The van der Waals surface area contributed by atoms with Crippen molar-refractivity contribution in [1.29, 1.82) is 0 Å². The summed E-state index contributed by atoms with van der Waals surface area (Å²) >= 11 is 5.97. The second-order valence-corrected chi connectivity index (χ2v) is 4.58. The maximum Gasteiger partial charge on any atom is 0.326 e. The molecule has 16 heavy (non-hydrogen) atoms. The Morgan fingerprint density at radius 1 is 1.44 bits per heavy atom. The van der Waals surface area contributed by atoms with Crippen molar-refractivity contribution in [3.63, 3.8) is 0 Å². The molecule has 1 unspecified atom stereocenters. The van der Waals surface area contributed by atoms with Crippen molar-refractivity contribution in [2.45, 2.75) is 26.8 Å². The molecule has 0 amide bonds. The minimum atomic E-state index is -0.855. The average Bonchev–Trinajstić information content (AvgIpc) is 2.18. The molecule has 1 atom stereocenters. The normalized spacial score (nSPS) is 12.6. The lowest BCUT2D eigenvalue weighted by Crippen LogP contribution is -2.34. The zero-order valence-corrected chi connectivity index (χ0v) is 10.4. The van der Waals surface area contributed by atoms with Gasteiger partial charge in [0.25, 0.3) is 0 Å². The quantitative estimate of drug-likeness (QED) is 0.851. The highest BCUT2D eigenvalue weighted by Crippen LogP contribution is 2.21. The van der Waals surface area contributed by atoms with Gasteiger partial charge in [0.1, 0.15) is 6.04 Å². The van der Waals surface area contributed by atoms with E-state index in [0.717, 1.165) is 11.3 Å². The first kappa shape index (κ1) is 12.8. The van der Waals surface area contributed by atoms with Gasteiger partial charge in [-0.15, -0.1) is 0 Å². The molecule has 0 radical (unpaired) electrons. The topological polar surface area (TPSA) is 49.3 Å². The third kappa shape index (κ3) is 3.14. The summed E-state index contributed by atoms with van der Waals surface area (Å²) in [6.07, 6.45) is 0. The summed E-state index contributed by atoms with van der Waals surface area (Å²) in [5, 5.41) is 12.6. The zero-order valence-electron chi connectivity index (χ0n) is 9.62. The lowest BCUT2D eigenvalue weighted by Gasteiger charge is -2.19. The molecule has 0 aliphatic carbocycles. The standard InChI is InChI=1S/C12H16ClNO2/c1-7(2)11(12(15)16)14-9-5-4-8(3)10(13)6-9/h4-7,11,14H,1-3H3,(H,15,16). The van der Waals surface area contributed by atoms with Gasteiger partial charge in [0.05, 0.1) is 0 Å². The number of hydrogen-bond donors (Lipinski definition) is 2. The molecule has 1 aromatic rings. The number of rotatable bonds is 4. The number of benzene rings is 1. The summed E-state index contributed by atoms with van der Waals surface area (Å²) in [5.41, 5.74) is 1.71. The molecule has 0 fully saturated rings. The number of carbonyl (C=O) groups is 1. The fourth-order valence-electron chi connectivity index (χ4n) is 1.38. The van der Waals surface area contributed by atoms with Crippen LogP contribution in [0, 0.1) is 12.8 Å². The van der Waals surface area contributed by atoms with Crippen LogP contribution in [0.4, 0.5) is 5.69 Å². The van der Waals surface area contributed by atoms with E-state index in [1.54, 1.807) is 6.07 Å². The number of carboxylic acid groups (broad SMARTS) is 1. The van der Waals surface area contributed by atoms with E-state index in [1.807, 2.05) is 32.9 Å². The fraction of sp³-hybridized carbons (Fsp3) is 0.417. The Balaban J connectivity index is 2.86. The second-order valence-electron chi connectivity index (χ2n) is 4.17. The highest BCUT2D eigenvalue weighted by Gasteiger charge is 2.20. The minimum Gasteiger partial charge on any atom is -0.480 e. The van der Waals surface area contributed by atoms with Crippen LogP contribution in [0.2, 0.25) is 5.02 Å². The molecule has 0 spiro atoms. The summed E-state index contributed by atoms with van der Waals surface area (Å²) in [6, 6.07) is 4.84. The maximum absolute atomic E-state index is 11.0. The summed E-state index contributed by atoms with van der Waals surface area (Å²) in [6.45, 7) is 5.63. The summed E-state index contributed by atoms with van der Waals surface area (Å²) in [7, 11) is 0. The molecule has 4 heteroatoms. The lowest BCUT2D eigenvalue weighted by molar-refractivity contribution is -0.138. The smallest absolute Gasteiger partial charge is 0.326 e. The van der Waals surface area contributed by atoms with Crippen LogP contribution < -0.4 is 5.32 Å². The van der Waals surface area contributed by atoms with E-state index < -0.39 is 12.0 Å². The van der Waals surface area contributed by atoms with E-state index >= 15 is 0 Å². The van der Waals surface area contributed by atoms with Gasteiger partial charge in [-0.3, -0.25) is 0 Å². The molecule has 0 saturated carbocycles. The van der Waals surface area contributed by atoms with Gasteiger partial charge in [-0.05, 0) is 30.5 Å². The Labute approximate surface area is 100 Å². The minimum absolute atomic E-state index is 0.0116. The number of anilines is 1. The van der Waals surface area contributed by atoms with Crippen LogP contribution in [0.15, 0.2) is 18.2 Å². The van der Waals surface area contributed by atoms with Gasteiger partial charge in [-0.2, -0.15) is 0 Å². The second kappa shape index (κ2) is 5.21. The maximum atomic E-state index is 11.0.